The fourth-order valence-electron chi connectivity index (χ4n) is 3.43. The van der Waals surface area contributed by atoms with Crippen molar-refractivity contribution in [3.05, 3.63) is 87.5 Å². The maximum atomic E-state index is 12.5. The summed E-state index contributed by atoms with van der Waals surface area (Å²) in [6.07, 6.45) is 2.64. The highest BCUT2D eigenvalue weighted by Gasteiger charge is 2.35. The van der Waals surface area contributed by atoms with Crippen LogP contribution in [0.3, 0.4) is 0 Å². The van der Waals surface area contributed by atoms with Crippen molar-refractivity contribution in [2.45, 2.75) is 6.42 Å². The van der Waals surface area contributed by atoms with Crippen LogP contribution in [-0.2, 0) is 0 Å². The van der Waals surface area contributed by atoms with Crippen LogP contribution in [0.1, 0.15) is 58.2 Å². The first-order valence-corrected chi connectivity index (χ1v) is 8.59. The highest BCUT2D eigenvalue weighted by Crippen LogP contribution is 2.31. The van der Waals surface area contributed by atoms with E-state index in [1.165, 1.54) is 42.5 Å². The average Bonchev–Trinajstić information content (AvgIpc) is 3.07. The molecule has 0 spiro atoms. The third-order valence-electron chi connectivity index (χ3n) is 4.87. The fraction of sp³-hybridized carbons (Fsp3) is 0.0455. The third kappa shape index (κ3) is 2.80. The van der Waals surface area contributed by atoms with E-state index in [4.69, 9.17) is 5.11 Å². The molecule has 2 aromatic rings. The van der Waals surface area contributed by atoms with Gasteiger partial charge in [-0.3, -0.25) is 19.2 Å². The number of carbonyl (C=O) groups excluding carboxylic acids is 4. The lowest BCUT2D eigenvalue weighted by atomic mass is 10.1. The van der Waals surface area contributed by atoms with E-state index < -0.39 is 29.1 Å². The molecule has 4 rings (SSSR count). The molecule has 0 amide bonds. The number of carbonyl (C=O) groups is 5. The second-order valence-corrected chi connectivity index (χ2v) is 6.58. The topological polar surface area (TPSA) is 126 Å². The summed E-state index contributed by atoms with van der Waals surface area (Å²) in [6.45, 7) is 0. The van der Waals surface area contributed by atoms with Gasteiger partial charge in [0.2, 0.25) is 0 Å². The molecule has 2 aromatic carbocycles. The lowest BCUT2D eigenvalue weighted by Crippen LogP contribution is -2.02. The number of aromatic carboxylic acids is 1. The second-order valence-electron chi connectivity index (χ2n) is 6.58. The number of benzene rings is 2. The zero-order valence-corrected chi connectivity index (χ0v) is 14.8. The normalized spacial score (nSPS) is 17.9. The molecule has 7 heteroatoms. The number of rotatable bonds is 3. The van der Waals surface area contributed by atoms with Gasteiger partial charge in [0.05, 0.1) is 16.7 Å². The number of ketones is 4. The number of hydrogen-bond acceptors (Lipinski definition) is 6. The molecule has 142 valence electrons. The number of allylic oxidation sites excluding steroid dienone is 4. The summed E-state index contributed by atoms with van der Waals surface area (Å²) in [5.41, 5.74) is 0.109. The number of phenols is 1. The van der Waals surface area contributed by atoms with E-state index in [1.54, 1.807) is 0 Å². The Morgan fingerprint density at radius 2 is 1.21 bits per heavy atom. The molecule has 2 aliphatic carbocycles. The summed E-state index contributed by atoms with van der Waals surface area (Å²) >= 11 is 0. The molecule has 0 heterocycles. The Bertz CT molecular complexity index is 1230. The van der Waals surface area contributed by atoms with E-state index in [9.17, 15) is 29.1 Å². The van der Waals surface area contributed by atoms with E-state index in [1.807, 2.05) is 0 Å². The van der Waals surface area contributed by atoms with Gasteiger partial charge in [-0.15, -0.1) is 0 Å². The largest absolute Gasteiger partial charge is 0.508 e. The van der Waals surface area contributed by atoms with Crippen LogP contribution in [0.15, 0.2) is 59.7 Å². The number of Topliss-reactive ketones (excluding diaryl/α,β-unsaturated/α-hetero) is 4. The van der Waals surface area contributed by atoms with Crippen LogP contribution < -0.4 is 0 Å². The smallest absolute Gasteiger partial charge is 0.335 e. The standard InChI is InChI=1S/C22H12O7/c23-11-5-7-13-17(9-11)21(27)15(19(13)25)3-1-2-14-18(24)12-6-4-10(22(28)29)8-16(12)20(14)26/h2-9,23H,1H2,(H,28,29). The zero-order valence-electron chi connectivity index (χ0n) is 14.8. The minimum atomic E-state index is -1.21. The lowest BCUT2D eigenvalue weighted by molar-refractivity contribution is 0.0696. The summed E-state index contributed by atoms with van der Waals surface area (Å²) in [4.78, 5) is 60.8. The van der Waals surface area contributed by atoms with Crippen LogP contribution in [-0.4, -0.2) is 39.3 Å². The van der Waals surface area contributed by atoms with Crippen molar-refractivity contribution in [3.8, 4) is 5.75 Å². The molecule has 29 heavy (non-hydrogen) atoms. The van der Waals surface area contributed by atoms with Gasteiger partial charge in [-0.05, 0) is 42.8 Å². The molecule has 0 unspecified atom stereocenters. The van der Waals surface area contributed by atoms with Gasteiger partial charge >= 0.3 is 5.97 Å². The van der Waals surface area contributed by atoms with Gasteiger partial charge < -0.3 is 10.2 Å². The SMILES string of the molecule is O=C(O)c1ccc2c(c1)C(=O)C(=CCC=C1C(=O)c3ccc(O)cc3C1=O)C2=O. The molecule has 2 aliphatic rings. The van der Waals surface area contributed by atoms with Crippen LogP contribution in [0.4, 0.5) is 0 Å². The molecule has 2 N–H and O–H groups in total. The summed E-state index contributed by atoms with van der Waals surface area (Å²) in [5, 5.41) is 18.5. The molecule has 0 saturated heterocycles. The molecule has 0 fully saturated rings. The maximum Gasteiger partial charge on any atom is 0.335 e. The van der Waals surface area contributed by atoms with Crippen LogP contribution in [0.2, 0.25) is 0 Å². The van der Waals surface area contributed by atoms with Crippen LogP contribution in [0.25, 0.3) is 0 Å². The number of aromatic hydroxyl groups is 1. The van der Waals surface area contributed by atoms with Gasteiger partial charge in [0.1, 0.15) is 5.75 Å². The van der Waals surface area contributed by atoms with Crippen molar-refractivity contribution in [2.75, 3.05) is 0 Å². The fourth-order valence-corrected chi connectivity index (χ4v) is 3.43. The highest BCUT2D eigenvalue weighted by molar-refractivity contribution is 6.40. The van der Waals surface area contributed by atoms with Crippen molar-refractivity contribution in [2.24, 2.45) is 0 Å². The second kappa shape index (κ2) is 6.49. The summed E-state index contributed by atoms with van der Waals surface area (Å²) in [5.74, 6) is -3.48. The van der Waals surface area contributed by atoms with E-state index in [-0.39, 0.29) is 51.1 Å². The van der Waals surface area contributed by atoms with Gasteiger partial charge in [-0.1, -0.05) is 12.2 Å². The predicted molar refractivity (Wildman–Crippen MR) is 99.6 cm³/mol. The quantitative estimate of drug-likeness (QED) is 0.611. The minimum absolute atomic E-state index is 0.0145. The van der Waals surface area contributed by atoms with Gasteiger partial charge in [0, 0.05) is 22.3 Å². The van der Waals surface area contributed by atoms with Gasteiger partial charge in [0.25, 0.3) is 0 Å². The molecule has 0 aliphatic heterocycles. The van der Waals surface area contributed by atoms with E-state index in [0.717, 1.165) is 6.07 Å². The zero-order chi connectivity index (χ0) is 20.9. The first kappa shape index (κ1) is 18.2. The molecular weight excluding hydrogens is 376 g/mol. The van der Waals surface area contributed by atoms with E-state index in [2.05, 4.69) is 0 Å². The van der Waals surface area contributed by atoms with Crippen molar-refractivity contribution in [1.82, 2.24) is 0 Å². The van der Waals surface area contributed by atoms with Gasteiger partial charge in [-0.25, -0.2) is 4.79 Å². The maximum absolute atomic E-state index is 12.5. The number of carboxylic acid groups (broad SMARTS) is 1. The van der Waals surface area contributed by atoms with Crippen LogP contribution in [0, 0.1) is 0 Å². The Kier molecular flexibility index (Phi) is 4.08. The van der Waals surface area contributed by atoms with Crippen LogP contribution in [0.5, 0.6) is 5.75 Å². The number of carboxylic acids is 1. The number of fused-ring (bicyclic) bond motifs is 2. The Labute approximate surface area is 163 Å². The molecule has 0 aromatic heterocycles. The molecule has 0 atom stereocenters. The highest BCUT2D eigenvalue weighted by atomic mass is 16.4. The molecule has 7 nitrogen and oxygen atoms in total. The summed E-state index contributed by atoms with van der Waals surface area (Å²) < 4.78 is 0. The minimum Gasteiger partial charge on any atom is -0.508 e. The molecule has 0 saturated carbocycles. The van der Waals surface area contributed by atoms with Crippen molar-refractivity contribution < 1.29 is 34.2 Å². The Balaban J connectivity index is 1.61. The van der Waals surface area contributed by atoms with E-state index in [0.29, 0.717) is 0 Å². The Hall–Kier alpha value is -4.13. The van der Waals surface area contributed by atoms with E-state index >= 15 is 0 Å². The Morgan fingerprint density at radius 3 is 1.76 bits per heavy atom. The molecule has 0 bridgehead atoms. The van der Waals surface area contributed by atoms with Gasteiger partial charge in [0.15, 0.2) is 23.1 Å². The summed E-state index contributed by atoms with van der Waals surface area (Å²) in [7, 11) is 0. The predicted octanol–water partition coefficient (Wildman–Crippen LogP) is 2.79. The monoisotopic (exact) mass is 388 g/mol. The molecule has 0 radical (unpaired) electrons. The van der Waals surface area contributed by atoms with Crippen LogP contribution >= 0.6 is 0 Å². The summed E-state index contributed by atoms with van der Waals surface area (Å²) in [6, 6.07) is 7.60. The first-order valence-electron chi connectivity index (χ1n) is 8.59. The van der Waals surface area contributed by atoms with Crippen molar-refractivity contribution in [1.29, 1.82) is 0 Å². The third-order valence-corrected chi connectivity index (χ3v) is 4.87. The number of phenolic OH excluding ortho intramolecular Hbond substituents is 1. The van der Waals surface area contributed by atoms with Gasteiger partial charge in [-0.2, -0.15) is 0 Å². The number of hydrogen-bond donors (Lipinski definition) is 2. The van der Waals surface area contributed by atoms with Crippen molar-refractivity contribution >= 4 is 29.1 Å². The Morgan fingerprint density at radius 1 is 0.724 bits per heavy atom. The van der Waals surface area contributed by atoms with Crippen molar-refractivity contribution in [3.63, 3.8) is 0 Å². The first-order chi connectivity index (χ1) is 13.8. The lowest BCUT2D eigenvalue weighted by Gasteiger charge is -1.97. The average molecular weight is 388 g/mol. The molecular formula is C22H12O7.